The number of rotatable bonds is 5. The van der Waals surface area contributed by atoms with Crippen molar-refractivity contribution in [3.63, 3.8) is 0 Å². The van der Waals surface area contributed by atoms with E-state index in [1.807, 2.05) is 32.9 Å². The van der Waals surface area contributed by atoms with E-state index in [1.54, 1.807) is 54.0 Å². The van der Waals surface area contributed by atoms with Gasteiger partial charge in [-0.15, -0.1) is 0 Å². The lowest BCUT2D eigenvalue weighted by molar-refractivity contribution is -0.120. The van der Waals surface area contributed by atoms with Crippen molar-refractivity contribution in [2.24, 2.45) is 0 Å². The summed E-state index contributed by atoms with van der Waals surface area (Å²) in [7, 11) is 1.77. The molecule has 2 aromatic heterocycles. The molecule has 1 aliphatic rings. The number of amides is 3. The van der Waals surface area contributed by atoms with Crippen LogP contribution >= 0.6 is 0 Å². The normalized spacial score (nSPS) is 14.6. The molecule has 0 bridgehead atoms. The van der Waals surface area contributed by atoms with Crippen molar-refractivity contribution in [3.8, 4) is 17.3 Å². The summed E-state index contributed by atoms with van der Waals surface area (Å²) in [6.45, 7) is 7.99. The summed E-state index contributed by atoms with van der Waals surface area (Å²) in [5, 5.41) is 22.2. The molecule has 3 amide bonds. The maximum Gasteiger partial charge on any atom is 0.323 e. The Balaban J connectivity index is 1.40. The Morgan fingerprint density at radius 1 is 1.07 bits per heavy atom. The van der Waals surface area contributed by atoms with Crippen molar-refractivity contribution in [2.75, 3.05) is 27.9 Å². The van der Waals surface area contributed by atoms with E-state index >= 15 is 0 Å². The monoisotopic (exact) mass is 566 g/mol. The van der Waals surface area contributed by atoms with Gasteiger partial charge >= 0.3 is 6.03 Å². The highest BCUT2D eigenvalue weighted by atomic mass is 19.1. The smallest absolute Gasteiger partial charge is 0.323 e. The maximum atomic E-state index is 14.9. The number of nitrogens with one attached hydrogen (secondary N) is 3. The molecule has 0 saturated carbocycles. The average Bonchev–Trinajstić information content (AvgIpc) is 3.40. The average molecular weight is 567 g/mol. The molecule has 0 fully saturated rings. The lowest BCUT2D eigenvalue weighted by atomic mass is 9.95. The van der Waals surface area contributed by atoms with Gasteiger partial charge in [0.15, 0.2) is 0 Å². The molecule has 0 saturated heterocycles. The molecule has 1 aliphatic heterocycles. The Kier molecular flexibility index (Phi) is 7.39. The van der Waals surface area contributed by atoms with Crippen molar-refractivity contribution < 1.29 is 14.0 Å². The first kappa shape index (κ1) is 28.3. The SMILES string of the molecule is CNc1ccc2c(n1)C(C)C(=O)N(c1ccc(F)c(NC(=O)Nc3cn(C(C)(C)C)nc3-c3ccc(C#N)cc3)c1)C2. The summed E-state index contributed by atoms with van der Waals surface area (Å²) in [5.74, 6) is -0.639. The number of halogens is 1. The van der Waals surface area contributed by atoms with Crippen LogP contribution in [-0.2, 0) is 16.9 Å². The van der Waals surface area contributed by atoms with Gasteiger partial charge in [-0.25, -0.2) is 14.2 Å². The maximum absolute atomic E-state index is 14.9. The quantitative estimate of drug-likeness (QED) is 0.270. The second-order valence-corrected chi connectivity index (χ2v) is 11.1. The van der Waals surface area contributed by atoms with Crippen LogP contribution in [0.4, 0.5) is 32.1 Å². The first-order chi connectivity index (χ1) is 20.0. The predicted octanol–water partition coefficient (Wildman–Crippen LogP) is 6.05. The van der Waals surface area contributed by atoms with Crippen LogP contribution in [0.2, 0.25) is 0 Å². The first-order valence-electron chi connectivity index (χ1n) is 13.5. The van der Waals surface area contributed by atoms with Crippen LogP contribution in [-0.4, -0.2) is 33.8 Å². The van der Waals surface area contributed by atoms with Gasteiger partial charge < -0.3 is 20.9 Å². The van der Waals surface area contributed by atoms with Crippen LogP contribution in [0.3, 0.4) is 0 Å². The van der Waals surface area contributed by atoms with Crippen LogP contribution in [0.15, 0.2) is 60.8 Å². The molecule has 0 spiro atoms. The topological polar surface area (TPSA) is 128 Å². The molecule has 4 aromatic rings. The Morgan fingerprint density at radius 2 is 1.79 bits per heavy atom. The van der Waals surface area contributed by atoms with Crippen molar-refractivity contribution >= 4 is 34.8 Å². The number of nitrogens with zero attached hydrogens (tertiary/aromatic N) is 5. The van der Waals surface area contributed by atoms with Crippen LogP contribution in [0.1, 0.15) is 50.4 Å². The number of nitriles is 1. The standard InChI is InChI=1S/C31H31FN8O2/c1-18-27-21(10-13-26(34-5)37-27)16-39(29(18)41)22-11-12-23(32)24(14-22)35-30(42)36-25-17-40(31(2,3)4)38-28(25)20-8-6-19(15-33)7-9-20/h6-14,17-18H,16H2,1-5H3,(H,34,37)(H2,35,36,42). The van der Waals surface area contributed by atoms with E-state index < -0.39 is 17.8 Å². The molecule has 0 aliphatic carbocycles. The molecule has 3 N–H and O–H groups in total. The third-order valence-electron chi connectivity index (χ3n) is 7.09. The Bertz CT molecular complexity index is 1720. The molecule has 10 nitrogen and oxygen atoms in total. The van der Waals surface area contributed by atoms with E-state index in [0.717, 1.165) is 5.56 Å². The van der Waals surface area contributed by atoms with Gasteiger partial charge in [0.1, 0.15) is 17.3 Å². The molecule has 3 heterocycles. The summed E-state index contributed by atoms with van der Waals surface area (Å²) in [6, 6.07) is 16.2. The molecule has 1 atom stereocenters. The van der Waals surface area contributed by atoms with Gasteiger partial charge in [-0.2, -0.15) is 10.4 Å². The number of pyridine rings is 1. The second-order valence-electron chi connectivity index (χ2n) is 11.1. The number of hydrogen-bond donors (Lipinski definition) is 3. The van der Waals surface area contributed by atoms with Gasteiger partial charge in [0, 0.05) is 24.5 Å². The van der Waals surface area contributed by atoms with Crippen molar-refractivity contribution in [3.05, 3.63) is 83.4 Å². The Hall–Kier alpha value is -5.24. The number of hydrogen-bond acceptors (Lipinski definition) is 6. The summed E-state index contributed by atoms with van der Waals surface area (Å²) in [5.41, 5.74) is 3.71. The van der Waals surface area contributed by atoms with Crippen LogP contribution in [0, 0.1) is 17.1 Å². The minimum absolute atomic E-state index is 0.0805. The second kappa shape index (κ2) is 11.0. The largest absolute Gasteiger partial charge is 0.373 e. The Labute approximate surface area is 243 Å². The number of carbonyl (C=O) groups excluding carboxylic acids is 2. The van der Waals surface area contributed by atoms with Crippen LogP contribution < -0.4 is 20.9 Å². The lowest BCUT2D eigenvalue weighted by Crippen LogP contribution is -2.39. The van der Waals surface area contributed by atoms with Gasteiger partial charge in [-0.1, -0.05) is 18.2 Å². The summed E-state index contributed by atoms with van der Waals surface area (Å²) < 4.78 is 16.6. The fourth-order valence-electron chi connectivity index (χ4n) is 4.75. The van der Waals surface area contributed by atoms with Crippen LogP contribution in [0.5, 0.6) is 0 Å². The van der Waals surface area contributed by atoms with E-state index in [9.17, 15) is 14.0 Å². The van der Waals surface area contributed by atoms with E-state index in [0.29, 0.717) is 39.7 Å². The van der Waals surface area contributed by atoms with E-state index in [-0.39, 0.29) is 23.7 Å². The zero-order valence-electron chi connectivity index (χ0n) is 24.0. The van der Waals surface area contributed by atoms with Gasteiger partial charge in [-0.3, -0.25) is 9.48 Å². The van der Waals surface area contributed by atoms with Crippen molar-refractivity contribution in [1.82, 2.24) is 14.8 Å². The molecule has 42 heavy (non-hydrogen) atoms. The number of carbonyl (C=O) groups is 2. The third kappa shape index (κ3) is 5.51. The molecular formula is C31H31FN8O2. The number of benzene rings is 2. The molecule has 2 aromatic carbocycles. The van der Waals surface area contributed by atoms with E-state index in [4.69, 9.17) is 5.26 Å². The lowest BCUT2D eigenvalue weighted by Gasteiger charge is -2.32. The third-order valence-corrected chi connectivity index (χ3v) is 7.09. The molecule has 214 valence electrons. The van der Waals surface area contributed by atoms with Gasteiger partial charge in [0.2, 0.25) is 5.91 Å². The van der Waals surface area contributed by atoms with Crippen molar-refractivity contribution in [1.29, 1.82) is 5.26 Å². The highest BCUT2D eigenvalue weighted by molar-refractivity contribution is 6.03. The van der Waals surface area contributed by atoms with Gasteiger partial charge in [0.25, 0.3) is 0 Å². The zero-order valence-corrected chi connectivity index (χ0v) is 24.0. The fraction of sp³-hybridized carbons (Fsp3) is 0.258. The molecule has 0 radical (unpaired) electrons. The molecule has 5 rings (SSSR count). The van der Waals surface area contributed by atoms with Crippen LogP contribution in [0.25, 0.3) is 11.3 Å². The molecule has 11 heteroatoms. The van der Waals surface area contributed by atoms with E-state index in [1.165, 1.54) is 18.2 Å². The number of fused-ring (bicyclic) bond motifs is 1. The minimum atomic E-state index is -0.679. The molecular weight excluding hydrogens is 535 g/mol. The zero-order chi connectivity index (χ0) is 30.2. The summed E-state index contributed by atoms with van der Waals surface area (Å²) >= 11 is 0. The van der Waals surface area contributed by atoms with Gasteiger partial charge in [-0.05, 0) is 69.7 Å². The van der Waals surface area contributed by atoms with Gasteiger partial charge in [0.05, 0.1) is 46.7 Å². The summed E-state index contributed by atoms with van der Waals surface area (Å²) in [4.78, 5) is 32.5. The molecule has 1 unspecified atom stereocenters. The highest BCUT2D eigenvalue weighted by Crippen LogP contribution is 2.34. The highest BCUT2D eigenvalue weighted by Gasteiger charge is 2.32. The summed E-state index contributed by atoms with van der Waals surface area (Å²) in [6.07, 6.45) is 1.71. The number of urea groups is 1. The van der Waals surface area contributed by atoms with E-state index in [2.05, 4.69) is 32.1 Å². The number of aromatic nitrogens is 3. The Morgan fingerprint density at radius 3 is 2.45 bits per heavy atom. The number of anilines is 4. The fourth-order valence-corrected chi connectivity index (χ4v) is 4.75. The predicted molar refractivity (Wildman–Crippen MR) is 160 cm³/mol. The van der Waals surface area contributed by atoms with Crippen molar-refractivity contribution in [2.45, 2.75) is 45.7 Å². The minimum Gasteiger partial charge on any atom is -0.373 e. The first-order valence-corrected chi connectivity index (χ1v) is 13.5.